The van der Waals surface area contributed by atoms with E-state index in [9.17, 15) is 31.2 Å². The largest absolute Gasteiger partial charge is 0.416 e. The predicted molar refractivity (Wildman–Crippen MR) is 88.3 cm³/mol. The number of sulfone groups is 1. The molecule has 7 nitrogen and oxygen atoms in total. The topological polar surface area (TPSA) is 104 Å². The van der Waals surface area contributed by atoms with Crippen molar-refractivity contribution in [3.05, 3.63) is 29.8 Å². The van der Waals surface area contributed by atoms with E-state index in [1.807, 2.05) is 0 Å². The molecule has 1 aromatic carbocycles. The van der Waals surface area contributed by atoms with Crippen LogP contribution < -0.4 is 16.0 Å². The highest BCUT2D eigenvalue weighted by Crippen LogP contribution is 2.29. The molecule has 1 aromatic rings. The first-order chi connectivity index (χ1) is 12.0. The smallest absolute Gasteiger partial charge is 0.334 e. The summed E-state index contributed by atoms with van der Waals surface area (Å²) in [6.07, 6.45) is -4.16. The normalized spacial score (nSPS) is 20.2. The maximum Gasteiger partial charge on any atom is 0.416 e. The summed E-state index contributed by atoms with van der Waals surface area (Å²) in [5.74, 6) is -0.770. The lowest BCUT2D eigenvalue weighted by Crippen LogP contribution is -2.49. The van der Waals surface area contributed by atoms with Gasteiger partial charge >= 0.3 is 12.2 Å². The van der Waals surface area contributed by atoms with Crippen molar-refractivity contribution in [3.8, 4) is 0 Å². The zero-order chi connectivity index (χ0) is 19.5. The molecule has 11 heteroatoms. The Balaban J connectivity index is 1.84. The van der Waals surface area contributed by atoms with Gasteiger partial charge in [-0.1, -0.05) is 0 Å². The molecule has 0 spiro atoms. The van der Waals surface area contributed by atoms with E-state index in [1.54, 1.807) is 0 Å². The van der Waals surface area contributed by atoms with E-state index in [-0.39, 0.29) is 17.2 Å². The Morgan fingerprint density at radius 1 is 1.19 bits per heavy atom. The second-order valence-corrected chi connectivity index (χ2v) is 8.23. The van der Waals surface area contributed by atoms with E-state index in [0.29, 0.717) is 6.42 Å². The molecule has 1 saturated heterocycles. The fourth-order valence-corrected chi connectivity index (χ4v) is 4.06. The van der Waals surface area contributed by atoms with Crippen molar-refractivity contribution in [2.45, 2.75) is 31.6 Å². The molecule has 1 aliphatic rings. The minimum atomic E-state index is -4.47. The average molecular weight is 393 g/mol. The van der Waals surface area contributed by atoms with Crippen LogP contribution in [0.1, 0.15) is 18.9 Å². The number of nitrogens with one attached hydrogen (secondary N) is 3. The van der Waals surface area contributed by atoms with Crippen molar-refractivity contribution in [2.24, 2.45) is 0 Å². The summed E-state index contributed by atoms with van der Waals surface area (Å²) in [6.45, 7) is 1.39. The van der Waals surface area contributed by atoms with Gasteiger partial charge in [0.2, 0.25) is 5.91 Å². The van der Waals surface area contributed by atoms with Crippen LogP contribution in [-0.2, 0) is 20.8 Å². The van der Waals surface area contributed by atoms with Crippen molar-refractivity contribution in [2.75, 3.05) is 16.8 Å². The SMILES string of the molecule is CC(NC(=O)NC1CCS(=O)(=O)C1)C(=O)Nc1ccc(C(F)(F)F)cc1. The number of carbonyl (C=O) groups is 2. The summed E-state index contributed by atoms with van der Waals surface area (Å²) >= 11 is 0. The lowest BCUT2D eigenvalue weighted by Gasteiger charge is -2.17. The Hall–Kier alpha value is -2.30. The molecule has 0 bridgehead atoms. The molecule has 1 fully saturated rings. The van der Waals surface area contributed by atoms with Crippen LogP contribution in [-0.4, -0.2) is 43.9 Å². The van der Waals surface area contributed by atoms with E-state index in [4.69, 9.17) is 0 Å². The van der Waals surface area contributed by atoms with E-state index >= 15 is 0 Å². The number of benzene rings is 1. The number of amides is 3. The van der Waals surface area contributed by atoms with E-state index in [0.717, 1.165) is 24.3 Å². The van der Waals surface area contributed by atoms with Gasteiger partial charge in [-0.2, -0.15) is 13.2 Å². The number of carbonyl (C=O) groups excluding carboxylic acids is 2. The molecule has 0 radical (unpaired) electrons. The van der Waals surface area contributed by atoms with Crippen LogP contribution in [0, 0.1) is 0 Å². The zero-order valence-electron chi connectivity index (χ0n) is 13.8. The molecule has 3 amide bonds. The first-order valence-electron chi connectivity index (χ1n) is 7.72. The van der Waals surface area contributed by atoms with Crippen LogP contribution in [0.4, 0.5) is 23.7 Å². The fraction of sp³-hybridized carbons (Fsp3) is 0.467. The summed E-state index contributed by atoms with van der Waals surface area (Å²) in [5, 5.41) is 7.21. The Bertz CT molecular complexity index is 778. The molecule has 0 aromatic heterocycles. The van der Waals surface area contributed by atoms with Gasteiger partial charge in [-0.15, -0.1) is 0 Å². The summed E-state index contributed by atoms with van der Waals surface area (Å²) in [4.78, 5) is 23.8. The van der Waals surface area contributed by atoms with E-state index in [2.05, 4.69) is 16.0 Å². The molecular weight excluding hydrogens is 375 g/mol. The quantitative estimate of drug-likeness (QED) is 0.721. The Morgan fingerprint density at radius 2 is 1.81 bits per heavy atom. The van der Waals surface area contributed by atoms with Gasteiger partial charge in [-0.25, -0.2) is 13.2 Å². The predicted octanol–water partition coefficient (Wildman–Crippen LogP) is 1.52. The number of alkyl halides is 3. The molecule has 3 N–H and O–H groups in total. The lowest BCUT2D eigenvalue weighted by atomic mass is 10.2. The standard InChI is InChI=1S/C15H18F3N3O4S/c1-9(19-14(23)21-12-6-7-26(24,25)8-12)13(22)20-11-4-2-10(3-5-11)15(16,17)18/h2-5,9,12H,6-8H2,1H3,(H,20,22)(H2,19,21,23). The minimum absolute atomic E-state index is 0.00189. The maximum atomic E-state index is 12.5. The Labute approximate surface area is 148 Å². The third kappa shape index (κ3) is 5.61. The van der Waals surface area contributed by atoms with Crippen LogP contribution in [0.2, 0.25) is 0 Å². The van der Waals surface area contributed by atoms with Crippen molar-refractivity contribution in [1.29, 1.82) is 0 Å². The van der Waals surface area contributed by atoms with Gasteiger partial charge in [0.25, 0.3) is 0 Å². The molecule has 1 heterocycles. The first kappa shape index (κ1) is 20.0. The Morgan fingerprint density at radius 3 is 2.31 bits per heavy atom. The van der Waals surface area contributed by atoms with Crippen molar-refractivity contribution in [1.82, 2.24) is 10.6 Å². The molecule has 2 rings (SSSR count). The van der Waals surface area contributed by atoms with Crippen LogP contribution >= 0.6 is 0 Å². The van der Waals surface area contributed by atoms with Gasteiger partial charge < -0.3 is 16.0 Å². The maximum absolute atomic E-state index is 12.5. The second-order valence-electron chi connectivity index (χ2n) is 6.00. The highest BCUT2D eigenvalue weighted by Gasteiger charge is 2.31. The van der Waals surface area contributed by atoms with Gasteiger partial charge in [-0.05, 0) is 37.6 Å². The van der Waals surface area contributed by atoms with Crippen LogP contribution in [0.3, 0.4) is 0 Å². The number of halogens is 3. The van der Waals surface area contributed by atoms with Crippen molar-refractivity contribution >= 4 is 27.5 Å². The molecule has 1 aliphatic heterocycles. The van der Waals surface area contributed by atoms with Crippen molar-refractivity contribution in [3.63, 3.8) is 0 Å². The third-order valence-electron chi connectivity index (χ3n) is 3.79. The molecule has 0 saturated carbocycles. The summed E-state index contributed by atoms with van der Waals surface area (Å²) < 4.78 is 60.1. The number of urea groups is 1. The molecule has 2 unspecified atom stereocenters. The fourth-order valence-electron chi connectivity index (χ4n) is 2.39. The van der Waals surface area contributed by atoms with Crippen LogP contribution in [0.25, 0.3) is 0 Å². The summed E-state index contributed by atoms with van der Waals surface area (Å²) in [6, 6.07) is 1.71. The highest BCUT2D eigenvalue weighted by molar-refractivity contribution is 7.91. The van der Waals surface area contributed by atoms with Gasteiger partial charge in [0.15, 0.2) is 9.84 Å². The van der Waals surface area contributed by atoms with Crippen molar-refractivity contribution < 1.29 is 31.2 Å². The molecular formula is C15H18F3N3O4S. The first-order valence-corrected chi connectivity index (χ1v) is 9.54. The van der Waals surface area contributed by atoms with Gasteiger partial charge in [0.05, 0.1) is 17.1 Å². The summed E-state index contributed by atoms with van der Waals surface area (Å²) in [5.41, 5.74) is -0.688. The molecule has 0 aliphatic carbocycles. The number of rotatable bonds is 4. The number of hydrogen-bond donors (Lipinski definition) is 3. The zero-order valence-corrected chi connectivity index (χ0v) is 14.6. The van der Waals surface area contributed by atoms with Crippen LogP contribution in [0.5, 0.6) is 0 Å². The van der Waals surface area contributed by atoms with Crippen LogP contribution in [0.15, 0.2) is 24.3 Å². The minimum Gasteiger partial charge on any atom is -0.334 e. The molecule has 26 heavy (non-hydrogen) atoms. The monoisotopic (exact) mass is 393 g/mol. The highest BCUT2D eigenvalue weighted by atomic mass is 32.2. The van der Waals surface area contributed by atoms with Gasteiger partial charge in [0.1, 0.15) is 6.04 Å². The average Bonchev–Trinajstić information content (AvgIpc) is 2.85. The third-order valence-corrected chi connectivity index (χ3v) is 5.56. The molecule has 2 atom stereocenters. The van der Waals surface area contributed by atoms with E-state index < -0.39 is 45.6 Å². The second kappa shape index (κ2) is 7.52. The number of anilines is 1. The Kier molecular flexibility index (Phi) is 5.79. The van der Waals surface area contributed by atoms with Gasteiger partial charge in [0, 0.05) is 11.7 Å². The molecule has 144 valence electrons. The lowest BCUT2D eigenvalue weighted by molar-refractivity contribution is -0.137. The van der Waals surface area contributed by atoms with E-state index in [1.165, 1.54) is 6.92 Å². The van der Waals surface area contributed by atoms with Gasteiger partial charge in [-0.3, -0.25) is 4.79 Å². The number of hydrogen-bond acceptors (Lipinski definition) is 4. The summed E-state index contributed by atoms with van der Waals surface area (Å²) in [7, 11) is -3.14.